The number of hydrogen-bond donors (Lipinski definition) is 2. The highest BCUT2D eigenvalue weighted by atomic mass is 19.4. The fourth-order valence-electron chi connectivity index (χ4n) is 1.70. The fraction of sp³-hybridized carbons (Fsp3) is 0.417. The van der Waals surface area contributed by atoms with Gasteiger partial charge in [0, 0.05) is 11.6 Å². The Morgan fingerprint density at radius 3 is 2.45 bits per heavy atom. The summed E-state index contributed by atoms with van der Waals surface area (Å²) in [6.45, 7) is 0.111. The van der Waals surface area contributed by atoms with Crippen LogP contribution in [0, 0.1) is 0 Å². The quantitative estimate of drug-likeness (QED) is 0.815. The van der Waals surface area contributed by atoms with Gasteiger partial charge in [0.2, 0.25) is 0 Å². The molecular formula is C12H14F3NO4. The third-order valence-corrected chi connectivity index (χ3v) is 2.57. The third kappa shape index (κ3) is 3.46. The molecule has 0 spiro atoms. The molecule has 8 heteroatoms. The highest BCUT2D eigenvalue weighted by Gasteiger charge is 2.30. The van der Waals surface area contributed by atoms with Crippen LogP contribution >= 0.6 is 0 Å². The van der Waals surface area contributed by atoms with E-state index in [9.17, 15) is 18.0 Å². The monoisotopic (exact) mass is 293 g/mol. The number of alkyl halides is 3. The zero-order chi connectivity index (χ0) is 15.5. The van der Waals surface area contributed by atoms with Crippen LogP contribution in [-0.4, -0.2) is 31.0 Å². The molecule has 112 valence electrons. The second-order valence-corrected chi connectivity index (χ2v) is 3.91. The molecule has 0 saturated carbocycles. The Morgan fingerprint density at radius 1 is 1.45 bits per heavy atom. The van der Waals surface area contributed by atoms with Crippen molar-refractivity contribution in [3.8, 4) is 11.5 Å². The summed E-state index contributed by atoms with van der Waals surface area (Å²) in [6, 6.07) is 1.04. The SMILES string of the molecule is CCc1c(N)c(C(=O)O)cc(OC)c1OCC(F)(F)F. The number of carboxylic acids is 1. The van der Waals surface area contributed by atoms with Crippen LogP contribution < -0.4 is 15.2 Å². The van der Waals surface area contributed by atoms with E-state index in [1.54, 1.807) is 6.92 Å². The van der Waals surface area contributed by atoms with Crippen LogP contribution in [0.5, 0.6) is 11.5 Å². The summed E-state index contributed by atoms with van der Waals surface area (Å²) in [5, 5.41) is 9.00. The minimum absolute atomic E-state index is 0.0994. The van der Waals surface area contributed by atoms with E-state index in [-0.39, 0.29) is 34.7 Å². The Bertz CT molecular complexity index is 514. The number of methoxy groups -OCH3 is 1. The molecule has 0 fully saturated rings. The first-order chi connectivity index (χ1) is 9.21. The van der Waals surface area contributed by atoms with Crippen LogP contribution in [0.4, 0.5) is 18.9 Å². The Labute approximate surface area is 113 Å². The predicted molar refractivity (Wildman–Crippen MR) is 65.3 cm³/mol. The molecule has 0 bridgehead atoms. The highest BCUT2D eigenvalue weighted by molar-refractivity contribution is 5.96. The highest BCUT2D eigenvalue weighted by Crippen LogP contribution is 2.39. The zero-order valence-electron chi connectivity index (χ0n) is 10.9. The molecule has 0 aliphatic heterocycles. The summed E-state index contributed by atoms with van der Waals surface area (Å²) in [6.07, 6.45) is -4.31. The topological polar surface area (TPSA) is 81.8 Å². The number of rotatable bonds is 5. The maximum absolute atomic E-state index is 12.2. The average Bonchev–Trinajstić information content (AvgIpc) is 2.34. The van der Waals surface area contributed by atoms with Crippen molar-refractivity contribution >= 4 is 11.7 Å². The molecule has 0 radical (unpaired) electrons. The molecule has 3 N–H and O–H groups in total. The van der Waals surface area contributed by atoms with Crippen molar-refractivity contribution in [3.05, 3.63) is 17.2 Å². The summed E-state index contributed by atoms with van der Waals surface area (Å²) < 4.78 is 46.3. The maximum Gasteiger partial charge on any atom is 0.422 e. The first-order valence-corrected chi connectivity index (χ1v) is 5.63. The lowest BCUT2D eigenvalue weighted by molar-refractivity contribution is -0.153. The van der Waals surface area contributed by atoms with Crippen molar-refractivity contribution in [2.45, 2.75) is 19.5 Å². The molecular weight excluding hydrogens is 279 g/mol. The standard InChI is InChI=1S/C12H14F3NO4/c1-3-6-9(16)7(11(17)18)4-8(19-2)10(6)20-5-12(13,14)15/h4H,3,5,16H2,1-2H3,(H,17,18). The van der Waals surface area contributed by atoms with Crippen molar-refractivity contribution in [2.75, 3.05) is 19.5 Å². The number of nitrogen functional groups attached to an aromatic ring is 1. The lowest BCUT2D eigenvalue weighted by Gasteiger charge is -2.18. The van der Waals surface area contributed by atoms with Gasteiger partial charge in [0.05, 0.1) is 18.4 Å². The zero-order valence-corrected chi connectivity index (χ0v) is 10.9. The number of carboxylic acid groups (broad SMARTS) is 1. The van der Waals surface area contributed by atoms with Crippen molar-refractivity contribution < 1.29 is 32.5 Å². The molecule has 0 saturated heterocycles. The summed E-state index contributed by atoms with van der Waals surface area (Å²) in [5.41, 5.74) is 5.47. The van der Waals surface area contributed by atoms with Gasteiger partial charge in [-0.25, -0.2) is 4.79 Å². The number of hydrogen-bond acceptors (Lipinski definition) is 4. The number of benzene rings is 1. The number of halogens is 3. The van der Waals surface area contributed by atoms with E-state index < -0.39 is 18.8 Å². The fourth-order valence-corrected chi connectivity index (χ4v) is 1.70. The lowest BCUT2D eigenvalue weighted by Crippen LogP contribution is -2.20. The number of ether oxygens (including phenoxy) is 2. The molecule has 0 heterocycles. The van der Waals surface area contributed by atoms with E-state index in [1.807, 2.05) is 0 Å². The van der Waals surface area contributed by atoms with Crippen LogP contribution in [-0.2, 0) is 6.42 Å². The van der Waals surface area contributed by atoms with Gasteiger partial charge in [-0.15, -0.1) is 0 Å². The number of nitrogens with two attached hydrogens (primary N) is 1. The average molecular weight is 293 g/mol. The van der Waals surface area contributed by atoms with Crippen molar-refractivity contribution in [1.29, 1.82) is 0 Å². The molecule has 0 unspecified atom stereocenters. The Kier molecular flexibility index (Phi) is 4.69. The van der Waals surface area contributed by atoms with Gasteiger partial charge in [-0.1, -0.05) is 6.92 Å². The van der Waals surface area contributed by atoms with Crippen LogP contribution in [0.2, 0.25) is 0 Å². The molecule has 0 aliphatic carbocycles. The van der Waals surface area contributed by atoms with E-state index in [0.29, 0.717) is 0 Å². The van der Waals surface area contributed by atoms with E-state index in [4.69, 9.17) is 20.3 Å². The second kappa shape index (κ2) is 5.89. The molecule has 5 nitrogen and oxygen atoms in total. The molecule has 1 aromatic carbocycles. The van der Waals surface area contributed by atoms with Gasteiger partial charge in [0.15, 0.2) is 18.1 Å². The number of carbonyl (C=O) groups is 1. The molecule has 20 heavy (non-hydrogen) atoms. The van der Waals surface area contributed by atoms with Gasteiger partial charge < -0.3 is 20.3 Å². The first kappa shape index (κ1) is 15.9. The first-order valence-electron chi connectivity index (χ1n) is 5.63. The van der Waals surface area contributed by atoms with Crippen molar-refractivity contribution in [3.63, 3.8) is 0 Å². The molecule has 1 rings (SSSR count). The van der Waals surface area contributed by atoms with Crippen molar-refractivity contribution in [1.82, 2.24) is 0 Å². The summed E-state index contributed by atoms with van der Waals surface area (Å²) in [7, 11) is 1.21. The Morgan fingerprint density at radius 2 is 2.05 bits per heavy atom. The number of anilines is 1. The van der Waals surface area contributed by atoms with E-state index in [2.05, 4.69) is 0 Å². The Balaban J connectivity index is 3.34. The molecule has 0 atom stereocenters. The molecule has 0 amide bonds. The lowest BCUT2D eigenvalue weighted by atomic mass is 10.0. The minimum atomic E-state index is -4.52. The molecule has 0 aliphatic rings. The summed E-state index contributed by atoms with van der Waals surface area (Å²) >= 11 is 0. The van der Waals surface area contributed by atoms with Gasteiger partial charge in [0.1, 0.15) is 0 Å². The number of aromatic carboxylic acids is 1. The third-order valence-electron chi connectivity index (χ3n) is 2.57. The van der Waals surface area contributed by atoms with Crippen molar-refractivity contribution in [2.24, 2.45) is 0 Å². The maximum atomic E-state index is 12.2. The normalized spacial score (nSPS) is 11.2. The van der Waals surface area contributed by atoms with E-state index in [1.165, 1.54) is 7.11 Å². The van der Waals surface area contributed by atoms with Crippen LogP contribution in [0.25, 0.3) is 0 Å². The van der Waals surface area contributed by atoms with Gasteiger partial charge in [-0.05, 0) is 6.42 Å². The van der Waals surface area contributed by atoms with Gasteiger partial charge in [-0.3, -0.25) is 0 Å². The second-order valence-electron chi connectivity index (χ2n) is 3.91. The summed E-state index contributed by atoms with van der Waals surface area (Å²) in [4.78, 5) is 11.0. The predicted octanol–water partition coefficient (Wildman–Crippen LogP) is 2.48. The Hall–Kier alpha value is -2.12. The van der Waals surface area contributed by atoms with Crippen LogP contribution in [0.1, 0.15) is 22.8 Å². The smallest absolute Gasteiger partial charge is 0.422 e. The summed E-state index contributed by atoms with van der Waals surface area (Å²) in [5.74, 6) is -1.58. The van der Waals surface area contributed by atoms with Crippen LogP contribution in [0.3, 0.4) is 0 Å². The largest absolute Gasteiger partial charge is 0.493 e. The van der Waals surface area contributed by atoms with Gasteiger partial charge in [0.25, 0.3) is 0 Å². The minimum Gasteiger partial charge on any atom is -0.493 e. The molecule has 1 aromatic rings. The van der Waals surface area contributed by atoms with Gasteiger partial charge >= 0.3 is 12.1 Å². The van der Waals surface area contributed by atoms with Crippen LogP contribution in [0.15, 0.2) is 6.07 Å². The van der Waals surface area contributed by atoms with E-state index >= 15 is 0 Å². The molecule has 0 aromatic heterocycles. The van der Waals surface area contributed by atoms with Gasteiger partial charge in [-0.2, -0.15) is 13.2 Å². The van der Waals surface area contributed by atoms with E-state index in [0.717, 1.165) is 6.07 Å².